The quantitative estimate of drug-likeness (QED) is 0.832. The minimum absolute atomic E-state index is 0.0596. The fourth-order valence-electron chi connectivity index (χ4n) is 3.35. The van der Waals surface area contributed by atoms with Gasteiger partial charge in [0.1, 0.15) is 0 Å². The molecule has 0 aromatic carbocycles. The highest BCUT2D eigenvalue weighted by Gasteiger charge is 2.30. The summed E-state index contributed by atoms with van der Waals surface area (Å²) in [6.07, 6.45) is 9.31. The number of carbonyl (C=O) groups excluding carboxylic acids is 1. The number of likely N-dealkylation sites (tertiary alicyclic amines) is 1. The maximum absolute atomic E-state index is 12.1. The molecule has 1 N–H and O–H groups in total. The van der Waals surface area contributed by atoms with Gasteiger partial charge in [-0.3, -0.25) is 4.68 Å². The molecule has 3 rings (SSSR count). The molecule has 7 heteroatoms. The molecule has 2 saturated heterocycles. The zero-order chi connectivity index (χ0) is 15.2. The normalized spacial score (nSPS) is 22.9. The van der Waals surface area contributed by atoms with E-state index in [4.69, 9.17) is 4.74 Å². The summed E-state index contributed by atoms with van der Waals surface area (Å²) in [6, 6.07) is 0.0596. The molecule has 0 radical (unpaired) electrons. The van der Waals surface area contributed by atoms with Crippen LogP contribution in [0, 0.1) is 5.92 Å². The van der Waals surface area contributed by atoms with Crippen molar-refractivity contribution in [3.05, 3.63) is 12.4 Å². The van der Waals surface area contributed by atoms with Gasteiger partial charge in [0.2, 0.25) is 0 Å². The molecule has 1 unspecified atom stereocenters. The molecule has 2 aliphatic rings. The molecular weight excluding hydrogens is 282 g/mol. The number of aryl methyl sites for hydroxylation is 1. The predicted octanol–water partition coefficient (Wildman–Crippen LogP) is 1.27. The van der Waals surface area contributed by atoms with E-state index in [2.05, 4.69) is 15.6 Å². The third-order valence-electron chi connectivity index (χ3n) is 4.63. The second-order valence-corrected chi connectivity index (χ2v) is 6.13. The Morgan fingerprint density at radius 1 is 1.32 bits per heavy atom. The monoisotopic (exact) mass is 307 g/mol. The topological polar surface area (TPSA) is 72.3 Å². The highest BCUT2D eigenvalue weighted by molar-refractivity contribution is 5.74. The van der Waals surface area contributed by atoms with Crippen LogP contribution in [0.15, 0.2) is 12.4 Å². The number of urea groups is 1. The largest absolute Gasteiger partial charge is 0.378 e. The number of amides is 2. The summed E-state index contributed by atoms with van der Waals surface area (Å²) in [5.74, 6) is 0.638. The van der Waals surface area contributed by atoms with E-state index in [9.17, 15) is 4.79 Å². The third-order valence-corrected chi connectivity index (χ3v) is 4.63. The first-order valence-electron chi connectivity index (χ1n) is 8.31. The summed E-state index contributed by atoms with van der Waals surface area (Å²) in [5, 5.41) is 10.7. The molecule has 0 saturated carbocycles. The Balaban J connectivity index is 1.31. The molecule has 0 spiro atoms. The second kappa shape index (κ2) is 7.58. The Labute approximate surface area is 131 Å². The van der Waals surface area contributed by atoms with Gasteiger partial charge in [0, 0.05) is 39.0 Å². The van der Waals surface area contributed by atoms with Gasteiger partial charge in [0.25, 0.3) is 0 Å². The van der Waals surface area contributed by atoms with Gasteiger partial charge in [0.05, 0.1) is 12.3 Å². The fourth-order valence-corrected chi connectivity index (χ4v) is 3.35. The Morgan fingerprint density at radius 2 is 2.18 bits per heavy atom. The zero-order valence-corrected chi connectivity index (χ0v) is 13.0. The number of piperidine rings is 1. The Kier molecular flexibility index (Phi) is 5.26. The van der Waals surface area contributed by atoms with Crippen molar-refractivity contribution in [2.75, 3.05) is 26.2 Å². The number of hydrogen-bond donors (Lipinski definition) is 1. The van der Waals surface area contributed by atoms with Gasteiger partial charge < -0.3 is 15.0 Å². The minimum atomic E-state index is 0.0596. The maximum atomic E-state index is 12.1. The summed E-state index contributed by atoms with van der Waals surface area (Å²) >= 11 is 0. The molecule has 1 atom stereocenters. The van der Waals surface area contributed by atoms with Crippen LogP contribution in [0.2, 0.25) is 0 Å². The van der Waals surface area contributed by atoms with Crippen molar-refractivity contribution in [2.45, 2.75) is 44.8 Å². The second-order valence-electron chi connectivity index (χ2n) is 6.13. The van der Waals surface area contributed by atoms with E-state index in [0.717, 1.165) is 45.5 Å². The van der Waals surface area contributed by atoms with Crippen LogP contribution in [0.4, 0.5) is 4.79 Å². The van der Waals surface area contributed by atoms with Crippen LogP contribution < -0.4 is 5.32 Å². The van der Waals surface area contributed by atoms with Crippen LogP contribution in [0.25, 0.3) is 0 Å². The average Bonchev–Trinajstić information content (AvgIpc) is 3.25. The van der Waals surface area contributed by atoms with Crippen molar-refractivity contribution in [3.8, 4) is 0 Å². The Morgan fingerprint density at radius 3 is 2.86 bits per heavy atom. The van der Waals surface area contributed by atoms with Gasteiger partial charge in [-0.05, 0) is 38.0 Å². The lowest BCUT2D eigenvalue weighted by Gasteiger charge is -2.34. The van der Waals surface area contributed by atoms with Crippen LogP contribution in [0.5, 0.6) is 0 Å². The van der Waals surface area contributed by atoms with E-state index in [1.807, 2.05) is 11.1 Å². The lowest BCUT2D eigenvalue weighted by atomic mass is 9.90. The summed E-state index contributed by atoms with van der Waals surface area (Å²) in [7, 11) is 0. The molecule has 1 aromatic rings. The van der Waals surface area contributed by atoms with Crippen LogP contribution in [-0.4, -0.2) is 58.3 Å². The molecular formula is C15H25N5O2. The van der Waals surface area contributed by atoms with E-state index in [0.29, 0.717) is 18.6 Å². The third kappa shape index (κ3) is 3.97. The van der Waals surface area contributed by atoms with Crippen molar-refractivity contribution in [3.63, 3.8) is 0 Å². The van der Waals surface area contributed by atoms with E-state index in [1.54, 1.807) is 10.9 Å². The number of carbonyl (C=O) groups is 1. The van der Waals surface area contributed by atoms with Gasteiger partial charge in [-0.2, -0.15) is 0 Å². The molecule has 0 bridgehead atoms. The van der Waals surface area contributed by atoms with E-state index < -0.39 is 0 Å². The first-order chi connectivity index (χ1) is 10.8. The Hall–Kier alpha value is -1.63. The Bertz CT molecular complexity index is 451. The van der Waals surface area contributed by atoms with Crippen LogP contribution >= 0.6 is 0 Å². The van der Waals surface area contributed by atoms with Gasteiger partial charge in [-0.1, -0.05) is 5.21 Å². The average molecular weight is 307 g/mol. The predicted molar refractivity (Wildman–Crippen MR) is 81.3 cm³/mol. The van der Waals surface area contributed by atoms with Crippen molar-refractivity contribution in [1.82, 2.24) is 25.2 Å². The van der Waals surface area contributed by atoms with Gasteiger partial charge >= 0.3 is 6.03 Å². The number of hydrogen-bond acceptors (Lipinski definition) is 4. The van der Waals surface area contributed by atoms with Crippen molar-refractivity contribution < 1.29 is 9.53 Å². The number of nitrogens with one attached hydrogen (secondary N) is 1. The molecule has 2 amide bonds. The molecule has 2 aliphatic heterocycles. The SMILES string of the molecule is O=C(NCCCn1ccnn1)N1CCC(C2CCCO2)CC1. The lowest BCUT2D eigenvalue weighted by molar-refractivity contribution is 0.0372. The van der Waals surface area contributed by atoms with Crippen LogP contribution in [0.1, 0.15) is 32.1 Å². The molecule has 22 heavy (non-hydrogen) atoms. The first-order valence-corrected chi connectivity index (χ1v) is 8.31. The highest BCUT2D eigenvalue weighted by Crippen LogP contribution is 2.28. The summed E-state index contributed by atoms with van der Waals surface area (Å²) < 4.78 is 7.55. The standard InChI is InChI=1S/C15H25N5O2/c21-15(16-6-2-8-20-11-7-17-18-20)19-9-4-13(5-10-19)14-3-1-12-22-14/h7,11,13-14H,1-6,8-10,12H2,(H,16,21). The van der Waals surface area contributed by atoms with E-state index in [-0.39, 0.29) is 6.03 Å². The molecule has 122 valence electrons. The number of ether oxygens (including phenoxy) is 1. The van der Waals surface area contributed by atoms with Gasteiger partial charge in [-0.15, -0.1) is 5.10 Å². The van der Waals surface area contributed by atoms with Crippen molar-refractivity contribution in [1.29, 1.82) is 0 Å². The smallest absolute Gasteiger partial charge is 0.317 e. The van der Waals surface area contributed by atoms with Gasteiger partial charge in [0.15, 0.2) is 0 Å². The molecule has 1 aromatic heterocycles. The van der Waals surface area contributed by atoms with Crippen LogP contribution in [-0.2, 0) is 11.3 Å². The molecule has 3 heterocycles. The van der Waals surface area contributed by atoms with Gasteiger partial charge in [-0.25, -0.2) is 4.79 Å². The van der Waals surface area contributed by atoms with Crippen molar-refractivity contribution in [2.24, 2.45) is 5.92 Å². The van der Waals surface area contributed by atoms with E-state index >= 15 is 0 Å². The summed E-state index contributed by atoms with van der Waals surface area (Å²) in [5.41, 5.74) is 0. The van der Waals surface area contributed by atoms with E-state index in [1.165, 1.54) is 12.8 Å². The zero-order valence-electron chi connectivity index (χ0n) is 13.0. The minimum Gasteiger partial charge on any atom is -0.378 e. The lowest BCUT2D eigenvalue weighted by Crippen LogP contribution is -2.46. The highest BCUT2D eigenvalue weighted by atomic mass is 16.5. The van der Waals surface area contributed by atoms with Crippen LogP contribution in [0.3, 0.4) is 0 Å². The number of rotatable bonds is 5. The first kappa shape index (κ1) is 15.3. The fraction of sp³-hybridized carbons (Fsp3) is 0.800. The molecule has 2 fully saturated rings. The summed E-state index contributed by atoms with van der Waals surface area (Å²) in [4.78, 5) is 14.1. The molecule has 0 aliphatic carbocycles. The number of nitrogens with zero attached hydrogens (tertiary/aromatic N) is 4. The molecule has 7 nitrogen and oxygen atoms in total. The van der Waals surface area contributed by atoms with Crippen molar-refractivity contribution >= 4 is 6.03 Å². The number of aromatic nitrogens is 3. The maximum Gasteiger partial charge on any atom is 0.317 e. The summed E-state index contributed by atoms with van der Waals surface area (Å²) in [6.45, 7) is 4.06.